The smallest absolute Gasteiger partial charge is 0.326 e. The van der Waals surface area contributed by atoms with Crippen LogP contribution in [0.5, 0.6) is 0 Å². The number of carboxylic acid groups (broad SMARTS) is 1. The van der Waals surface area contributed by atoms with Gasteiger partial charge < -0.3 is 16.2 Å². The molecule has 104 valence electrons. The first-order valence-corrected chi connectivity index (χ1v) is 7.24. The van der Waals surface area contributed by atoms with E-state index in [2.05, 4.69) is 5.32 Å². The fourth-order valence-electron chi connectivity index (χ4n) is 1.63. The Labute approximate surface area is 116 Å². The van der Waals surface area contributed by atoms with E-state index in [0.717, 1.165) is 0 Å². The van der Waals surface area contributed by atoms with Gasteiger partial charge in [-0.15, -0.1) is 0 Å². The number of carbonyl (C=O) groups is 2. The number of carboxylic acids is 1. The number of hydrogen-bond acceptors (Lipinski definition) is 4. The quantitative estimate of drug-likeness (QED) is 0.688. The molecular weight excluding hydrogens is 264 g/mol. The number of carbonyl (C=O) groups excluding carboxylic acids is 1. The lowest BCUT2D eigenvalue weighted by Gasteiger charge is -2.15. The van der Waals surface area contributed by atoms with Crippen molar-refractivity contribution in [3.05, 3.63) is 29.3 Å². The molecular formula is C13H18N2O3S. The maximum absolute atomic E-state index is 12.1. The van der Waals surface area contributed by atoms with Crippen molar-refractivity contribution in [1.82, 2.24) is 5.32 Å². The highest BCUT2D eigenvalue weighted by atomic mass is 32.2. The molecule has 0 saturated carbocycles. The summed E-state index contributed by atoms with van der Waals surface area (Å²) in [6.45, 7) is 1.74. The van der Waals surface area contributed by atoms with E-state index in [9.17, 15) is 9.59 Å². The van der Waals surface area contributed by atoms with Gasteiger partial charge in [0.05, 0.1) is 0 Å². The zero-order chi connectivity index (χ0) is 14.4. The fourth-order valence-corrected chi connectivity index (χ4v) is 2.10. The Morgan fingerprint density at radius 1 is 1.47 bits per heavy atom. The van der Waals surface area contributed by atoms with Gasteiger partial charge in [0, 0.05) is 11.3 Å². The number of anilines is 1. The lowest BCUT2D eigenvalue weighted by atomic mass is 10.1. The van der Waals surface area contributed by atoms with Crippen LogP contribution in [0, 0.1) is 6.92 Å². The topological polar surface area (TPSA) is 92.4 Å². The first-order valence-electron chi connectivity index (χ1n) is 5.85. The van der Waals surface area contributed by atoms with E-state index < -0.39 is 17.9 Å². The minimum atomic E-state index is -1.02. The van der Waals surface area contributed by atoms with Crippen LogP contribution in [0.3, 0.4) is 0 Å². The molecule has 0 bridgehead atoms. The Morgan fingerprint density at radius 3 is 2.74 bits per heavy atom. The van der Waals surface area contributed by atoms with Crippen molar-refractivity contribution in [2.75, 3.05) is 17.7 Å². The zero-order valence-corrected chi connectivity index (χ0v) is 11.8. The van der Waals surface area contributed by atoms with Gasteiger partial charge in [0.2, 0.25) is 0 Å². The van der Waals surface area contributed by atoms with Gasteiger partial charge in [-0.1, -0.05) is 6.07 Å². The first-order chi connectivity index (χ1) is 8.97. The highest BCUT2D eigenvalue weighted by Crippen LogP contribution is 2.15. The highest BCUT2D eigenvalue weighted by molar-refractivity contribution is 7.98. The van der Waals surface area contributed by atoms with Gasteiger partial charge in [0.25, 0.3) is 5.91 Å². The second-order valence-electron chi connectivity index (χ2n) is 4.17. The van der Waals surface area contributed by atoms with Crippen molar-refractivity contribution >= 4 is 29.3 Å². The van der Waals surface area contributed by atoms with Crippen LogP contribution in [-0.2, 0) is 4.79 Å². The summed E-state index contributed by atoms with van der Waals surface area (Å²) in [5.41, 5.74) is 7.32. The summed E-state index contributed by atoms with van der Waals surface area (Å²) in [5, 5.41) is 11.6. The molecule has 5 nitrogen and oxygen atoms in total. The van der Waals surface area contributed by atoms with Crippen molar-refractivity contribution in [1.29, 1.82) is 0 Å². The predicted octanol–water partition coefficient (Wildman–Crippen LogP) is 1.51. The van der Waals surface area contributed by atoms with E-state index in [0.29, 0.717) is 29.0 Å². The van der Waals surface area contributed by atoms with Gasteiger partial charge in [0.15, 0.2) is 0 Å². The summed E-state index contributed by atoms with van der Waals surface area (Å²) in [7, 11) is 0. The Morgan fingerprint density at radius 2 is 2.16 bits per heavy atom. The van der Waals surface area contributed by atoms with Gasteiger partial charge in [-0.3, -0.25) is 4.79 Å². The van der Waals surface area contributed by atoms with Crippen LogP contribution in [0.15, 0.2) is 18.2 Å². The SMILES string of the molecule is CSCC[C@@H](NC(=O)c1cccc(N)c1C)C(=O)O. The second-order valence-corrected chi connectivity index (χ2v) is 5.15. The molecule has 0 saturated heterocycles. The highest BCUT2D eigenvalue weighted by Gasteiger charge is 2.21. The monoisotopic (exact) mass is 282 g/mol. The molecule has 0 heterocycles. The van der Waals surface area contributed by atoms with Crippen molar-refractivity contribution in [3.63, 3.8) is 0 Å². The van der Waals surface area contributed by atoms with E-state index in [-0.39, 0.29) is 0 Å². The largest absolute Gasteiger partial charge is 0.480 e. The average molecular weight is 282 g/mol. The van der Waals surface area contributed by atoms with Gasteiger partial charge in [0.1, 0.15) is 6.04 Å². The van der Waals surface area contributed by atoms with E-state index in [1.54, 1.807) is 36.9 Å². The predicted molar refractivity (Wildman–Crippen MR) is 77.5 cm³/mol. The maximum Gasteiger partial charge on any atom is 0.326 e. The molecule has 0 radical (unpaired) electrons. The number of amides is 1. The molecule has 0 spiro atoms. The molecule has 1 atom stereocenters. The van der Waals surface area contributed by atoms with Crippen LogP contribution in [0.25, 0.3) is 0 Å². The van der Waals surface area contributed by atoms with Crippen LogP contribution < -0.4 is 11.1 Å². The minimum absolute atomic E-state index is 0.392. The summed E-state index contributed by atoms with van der Waals surface area (Å²) >= 11 is 1.54. The molecule has 0 fully saturated rings. The number of hydrogen-bond donors (Lipinski definition) is 3. The summed E-state index contributed by atoms with van der Waals surface area (Å²) in [6.07, 6.45) is 2.28. The normalized spacial score (nSPS) is 11.9. The van der Waals surface area contributed by atoms with Crippen LogP contribution >= 0.6 is 11.8 Å². The molecule has 1 aromatic rings. The second kappa shape index (κ2) is 7.04. The molecule has 0 aliphatic rings. The third-order valence-electron chi connectivity index (χ3n) is 2.83. The van der Waals surface area contributed by atoms with Crippen LogP contribution in [0.4, 0.5) is 5.69 Å². The van der Waals surface area contributed by atoms with Crippen molar-refractivity contribution < 1.29 is 14.7 Å². The number of thioether (sulfide) groups is 1. The molecule has 4 N–H and O–H groups in total. The average Bonchev–Trinajstić information content (AvgIpc) is 2.37. The summed E-state index contributed by atoms with van der Waals surface area (Å²) in [4.78, 5) is 23.1. The summed E-state index contributed by atoms with van der Waals surface area (Å²) < 4.78 is 0. The standard InChI is InChI=1S/C13H18N2O3S/c1-8-9(4-3-5-10(8)14)12(16)15-11(13(17)18)6-7-19-2/h3-5,11H,6-7,14H2,1-2H3,(H,15,16)(H,17,18)/t11-/m1/s1. The van der Waals surface area contributed by atoms with E-state index >= 15 is 0 Å². The Balaban J connectivity index is 2.82. The van der Waals surface area contributed by atoms with Crippen LogP contribution in [-0.4, -0.2) is 35.0 Å². The molecule has 0 unspecified atom stereocenters. The van der Waals surface area contributed by atoms with Crippen molar-refractivity contribution in [2.45, 2.75) is 19.4 Å². The summed E-state index contributed by atoms with van der Waals surface area (Å²) in [6, 6.07) is 4.14. The minimum Gasteiger partial charge on any atom is -0.480 e. The molecule has 0 aromatic heterocycles. The third-order valence-corrected chi connectivity index (χ3v) is 3.48. The number of aliphatic carboxylic acids is 1. The lowest BCUT2D eigenvalue weighted by Crippen LogP contribution is -2.41. The third kappa shape index (κ3) is 4.17. The van der Waals surface area contributed by atoms with Gasteiger partial charge in [-0.2, -0.15) is 11.8 Å². The summed E-state index contributed by atoms with van der Waals surface area (Å²) in [5.74, 6) is -0.755. The Bertz CT molecular complexity index is 477. The number of nitrogens with one attached hydrogen (secondary N) is 1. The molecule has 1 aromatic carbocycles. The maximum atomic E-state index is 12.1. The van der Waals surface area contributed by atoms with Crippen LogP contribution in [0.2, 0.25) is 0 Å². The first kappa shape index (κ1) is 15.4. The number of benzene rings is 1. The van der Waals surface area contributed by atoms with Gasteiger partial charge in [-0.25, -0.2) is 4.79 Å². The Hall–Kier alpha value is -1.69. The van der Waals surface area contributed by atoms with Crippen molar-refractivity contribution in [2.24, 2.45) is 0 Å². The molecule has 1 rings (SSSR count). The Kier molecular flexibility index (Phi) is 5.69. The van der Waals surface area contributed by atoms with Crippen LogP contribution in [0.1, 0.15) is 22.3 Å². The van der Waals surface area contributed by atoms with Gasteiger partial charge in [-0.05, 0) is 43.0 Å². The fraction of sp³-hybridized carbons (Fsp3) is 0.385. The molecule has 0 aliphatic heterocycles. The number of rotatable bonds is 6. The molecule has 6 heteroatoms. The molecule has 1 amide bonds. The zero-order valence-electron chi connectivity index (χ0n) is 11.0. The van der Waals surface area contributed by atoms with Gasteiger partial charge >= 0.3 is 5.97 Å². The van der Waals surface area contributed by atoms with E-state index in [1.165, 1.54) is 0 Å². The van der Waals surface area contributed by atoms with E-state index in [1.807, 2.05) is 6.26 Å². The molecule has 19 heavy (non-hydrogen) atoms. The number of nitrogens with two attached hydrogens (primary N) is 1. The lowest BCUT2D eigenvalue weighted by molar-refractivity contribution is -0.139. The number of nitrogen functional groups attached to an aromatic ring is 1. The van der Waals surface area contributed by atoms with Crippen molar-refractivity contribution in [3.8, 4) is 0 Å². The molecule has 0 aliphatic carbocycles. The van der Waals surface area contributed by atoms with E-state index in [4.69, 9.17) is 10.8 Å².